The highest BCUT2D eigenvalue weighted by Crippen LogP contribution is 2.29. The van der Waals surface area contributed by atoms with E-state index in [2.05, 4.69) is 20.1 Å². The van der Waals surface area contributed by atoms with Gasteiger partial charge >= 0.3 is 12.1 Å². The van der Waals surface area contributed by atoms with Gasteiger partial charge in [0.2, 0.25) is 11.9 Å². The minimum Gasteiger partial charge on any atom is -0.467 e. The SMILES string of the molecule is COC(=O)[C@H](CCC(=O)NC(=N)NC(=O)OC(C)(C)C)NC(=O)c1sccc1NS(=O)(=O)c1ccccc1[N+](=O)[O-]. The topological polar surface area (TPSA) is 236 Å². The number of rotatable bonds is 10. The molecule has 18 heteroatoms. The number of nitro groups is 1. The summed E-state index contributed by atoms with van der Waals surface area (Å²) in [5.74, 6) is -3.25. The number of benzene rings is 1. The van der Waals surface area contributed by atoms with Crippen molar-refractivity contribution in [3.63, 3.8) is 0 Å². The molecular formula is C23H28N6O10S2. The Labute approximate surface area is 238 Å². The lowest BCUT2D eigenvalue weighted by atomic mass is 10.1. The number of hydrogen-bond acceptors (Lipinski definition) is 12. The molecule has 1 aromatic heterocycles. The third-order valence-electron chi connectivity index (χ3n) is 4.81. The number of para-hydroxylation sites is 1. The fourth-order valence-electron chi connectivity index (χ4n) is 3.13. The first-order valence-corrected chi connectivity index (χ1v) is 14.0. The number of sulfonamides is 1. The van der Waals surface area contributed by atoms with Crippen molar-refractivity contribution in [3.05, 3.63) is 50.7 Å². The number of nitro benzene ring substituents is 1. The van der Waals surface area contributed by atoms with E-state index in [0.717, 1.165) is 30.6 Å². The number of amides is 3. The van der Waals surface area contributed by atoms with Gasteiger partial charge in [-0.3, -0.25) is 40.5 Å². The molecule has 222 valence electrons. The van der Waals surface area contributed by atoms with E-state index in [4.69, 9.17) is 10.1 Å². The van der Waals surface area contributed by atoms with Gasteiger partial charge in [0.1, 0.15) is 16.5 Å². The average Bonchev–Trinajstić information content (AvgIpc) is 3.32. The molecule has 0 spiro atoms. The fourth-order valence-corrected chi connectivity index (χ4v) is 5.19. The number of carbonyl (C=O) groups is 4. The molecule has 41 heavy (non-hydrogen) atoms. The van der Waals surface area contributed by atoms with E-state index in [1.807, 2.05) is 5.32 Å². The quantitative estimate of drug-likeness (QED) is 0.0861. The van der Waals surface area contributed by atoms with Gasteiger partial charge in [0.05, 0.1) is 17.7 Å². The molecule has 1 atom stereocenters. The van der Waals surface area contributed by atoms with E-state index in [0.29, 0.717) is 0 Å². The summed E-state index contributed by atoms with van der Waals surface area (Å²) in [4.78, 5) is 58.8. The Morgan fingerprint density at radius 1 is 1.12 bits per heavy atom. The maximum Gasteiger partial charge on any atom is 0.414 e. The van der Waals surface area contributed by atoms with Gasteiger partial charge in [0.25, 0.3) is 21.6 Å². The normalized spacial score (nSPS) is 11.9. The van der Waals surface area contributed by atoms with Crippen LogP contribution in [0.15, 0.2) is 40.6 Å². The van der Waals surface area contributed by atoms with Crippen molar-refractivity contribution in [2.45, 2.75) is 50.2 Å². The zero-order chi connectivity index (χ0) is 31.0. The Bertz CT molecular complexity index is 1450. The fraction of sp³-hybridized carbons (Fsp3) is 0.348. The van der Waals surface area contributed by atoms with Gasteiger partial charge in [-0.25, -0.2) is 18.0 Å². The largest absolute Gasteiger partial charge is 0.467 e. The second kappa shape index (κ2) is 13.7. The lowest BCUT2D eigenvalue weighted by molar-refractivity contribution is -0.387. The lowest BCUT2D eigenvalue weighted by Gasteiger charge is -2.20. The summed E-state index contributed by atoms with van der Waals surface area (Å²) in [6.45, 7) is 4.83. The predicted octanol–water partition coefficient (Wildman–Crippen LogP) is 2.08. The van der Waals surface area contributed by atoms with Crippen molar-refractivity contribution in [3.8, 4) is 0 Å². The van der Waals surface area contributed by atoms with Crippen LogP contribution in [-0.4, -0.2) is 61.9 Å². The van der Waals surface area contributed by atoms with E-state index >= 15 is 0 Å². The molecule has 0 radical (unpaired) electrons. The third-order valence-corrected chi connectivity index (χ3v) is 7.13. The van der Waals surface area contributed by atoms with Crippen LogP contribution >= 0.6 is 11.3 Å². The highest BCUT2D eigenvalue weighted by atomic mass is 32.2. The first-order valence-electron chi connectivity index (χ1n) is 11.6. The average molecular weight is 613 g/mol. The number of methoxy groups -OCH3 is 1. The molecule has 2 rings (SSSR count). The van der Waals surface area contributed by atoms with Crippen LogP contribution in [-0.2, 0) is 29.1 Å². The van der Waals surface area contributed by atoms with Crippen LogP contribution in [0.1, 0.15) is 43.3 Å². The van der Waals surface area contributed by atoms with Crippen LogP contribution in [0.4, 0.5) is 16.2 Å². The number of nitrogens with one attached hydrogen (secondary N) is 5. The molecular weight excluding hydrogens is 584 g/mol. The Morgan fingerprint density at radius 2 is 1.78 bits per heavy atom. The van der Waals surface area contributed by atoms with Crippen molar-refractivity contribution >= 4 is 62.6 Å². The summed E-state index contributed by atoms with van der Waals surface area (Å²) in [7, 11) is -3.43. The molecule has 0 bridgehead atoms. The lowest BCUT2D eigenvalue weighted by Crippen LogP contribution is -2.46. The first-order chi connectivity index (χ1) is 19.0. The van der Waals surface area contributed by atoms with E-state index in [-0.39, 0.29) is 23.4 Å². The van der Waals surface area contributed by atoms with Crippen LogP contribution in [0.25, 0.3) is 0 Å². The molecule has 5 N–H and O–H groups in total. The molecule has 0 aliphatic rings. The summed E-state index contributed by atoms with van der Waals surface area (Å²) in [5, 5.41) is 26.8. The molecule has 2 aromatic rings. The number of alkyl carbamates (subject to hydrolysis) is 1. The van der Waals surface area contributed by atoms with Crippen LogP contribution in [0.5, 0.6) is 0 Å². The van der Waals surface area contributed by atoms with Gasteiger partial charge in [0.15, 0.2) is 4.90 Å². The molecule has 0 fully saturated rings. The number of guanidine groups is 1. The summed E-state index contributed by atoms with van der Waals surface area (Å²) < 4.78 is 37.5. The summed E-state index contributed by atoms with van der Waals surface area (Å²) in [6.07, 6.45) is -1.64. The highest BCUT2D eigenvalue weighted by Gasteiger charge is 2.29. The molecule has 0 saturated heterocycles. The number of carbonyl (C=O) groups excluding carboxylic acids is 4. The van der Waals surface area contributed by atoms with E-state index in [9.17, 15) is 37.7 Å². The highest BCUT2D eigenvalue weighted by molar-refractivity contribution is 7.92. The summed E-state index contributed by atoms with van der Waals surface area (Å²) in [5.41, 5.74) is -1.70. The summed E-state index contributed by atoms with van der Waals surface area (Å²) in [6, 6.07) is 4.56. The Hall–Kier alpha value is -4.58. The maximum atomic E-state index is 13.0. The number of nitrogens with zero attached hydrogens (tertiary/aromatic N) is 1. The number of thiophene rings is 1. The minimum atomic E-state index is -4.48. The van der Waals surface area contributed by atoms with E-state index < -0.39 is 67.0 Å². The number of hydrogen-bond donors (Lipinski definition) is 5. The number of esters is 1. The third kappa shape index (κ3) is 9.84. The van der Waals surface area contributed by atoms with Crippen molar-refractivity contribution in [2.75, 3.05) is 11.8 Å². The molecule has 1 aromatic carbocycles. The molecule has 0 saturated carbocycles. The predicted molar refractivity (Wildman–Crippen MR) is 146 cm³/mol. The maximum absolute atomic E-state index is 13.0. The molecule has 3 amide bonds. The minimum absolute atomic E-state index is 0.172. The van der Waals surface area contributed by atoms with Gasteiger partial charge in [-0.05, 0) is 44.7 Å². The summed E-state index contributed by atoms with van der Waals surface area (Å²) >= 11 is 0.823. The molecule has 16 nitrogen and oxygen atoms in total. The molecule has 0 aliphatic heterocycles. The van der Waals surface area contributed by atoms with Crippen molar-refractivity contribution in [2.24, 2.45) is 0 Å². The van der Waals surface area contributed by atoms with Crippen LogP contribution < -0.4 is 20.7 Å². The number of anilines is 1. The van der Waals surface area contributed by atoms with Gasteiger partial charge in [0, 0.05) is 12.5 Å². The standard InChI is InChI=1S/C23H28N6O10S2/c1-23(2,3)39-22(33)27-21(24)26-17(30)10-9-14(20(32)38-4)25-19(31)18-13(11-12-40-18)28-41(36,37)16-8-6-5-7-15(16)29(34)35/h5-8,11-12,14,28H,9-10H2,1-4H3,(H,25,31)(H3,24,26,27,30,33)/t14-/m0/s1. The van der Waals surface area contributed by atoms with Crippen LogP contribution in [0.2, 0.25) is 0 Å². The molecule has 1 heterocycles. The van der Waals surface area contributed by atoms with Crippen LogP contribution in [0, 0.1) is 15.5 Å². The van der Waals surface area contributed by atoms with E-state index in [1.54, 1.807) is 20.8 Å². The van der Waals surface area contributed by atoms with Crippen molar-refractivity contribution in [1.82, 2.24) is 16.0 Å². The zero-order valence-corrected chi connectivity index (χ0v) is 23.9. The number of ether oxygens (including phenoxy) is 2. The van der Waals surface area contributed by atoms with Gasteiger partial charge in [-0.1, -0.05) is 12.1 Å². The van der Waals surface area contributed by atoms with Gasteiger partial charge < -0.3 is 14.8 Å². The smallest absolute Gasteiger partial charge is 0.414 e. The first kappa shape index (κ1) is 32.6. The van der Waals surface area contributed by atoms with Crippen LogP contribution in [0.3, 0.4) is 0 Å². The second-order valence-electron chi connectivity index (χ2n) is 9.13. The monoisotopic (exact) mass is 612 g/mol. The molecule has 0 aliphatic carbocycles. The second-order valence-corrected chi connectivity index (χ2v) is 11.7. The molecule has 0 unspecified atom stereocenters. The van der Waals surface area contributed by atoms with Gasteiger partial charge in [-0.15, -0.1) is 11.3 Å². The Morgan fingerprint density at radius 3 is 2.39 bits per heavy atom. The van der Waals surface area contributed by atoms with E-state index in [1.165, 1.54) is 23.6 Å². The van der Waals surface area contributed by atoms with Gasteiger partial charge in [-0.2, -0.15) is 0 Å². The van der Waals surface area contributed by atoms with Crippen molar-refractivity contribution < 1.29 is 42.0 Å². The zero-order valence-electron chi connectivity index (χ0n) is 22.3. The Kier molecular flexibility index (Phi) is 10.9. The van der Waals surface area contributed by atoms with Crippen molar-refractivity contribution in [1.29, 1.82) is 5.41 Å². The Balaban J connectivity index is 2.08.